The van der Waals surface area contributed by atoms with E-state index in [2.05, 4.69) is 5.32 Å². The number of carbonyl (C=O) groups is 2. The minimum atomic E-state index is -3.09. The van der Waals surface area contributed by atoms with E-state index < -0.39 is 36.5 Å². The van der Waals surface area contributed by atoms with Crippen LogP contribution in [0.2, 0.25) is 0 Å². The van der Waals surface area contributed by atoms with Gasteiger partial charge in [-0.1, -0.05) is 39.8 Å². The van der Waals surface area contributed by atoms with Crippen LogP contribution >= 0.6 is 7.14 Å². The molecule has 0 aromatic heterocycles. The molecule has 1 aromatic carbocycles. The standard InChI is InChI=1S/C17H25FNO4P/c1-10(2)24(23,11(3)4)16(13-6-8-14(18)9-7-13)15(17(21)22)19-12(5)20/h6-11,15-16H,1-5H3,(H,19,20)(H,21,22). The van der Waals surface area contributed by atoms with Gasteiger partial charge in [-0.05, 0) is 17.7 Å². The molecule has 0 aliphatic rings. The smallest absolute Gasteiger partial charge is 0.327 e. The highest BCUT2D eigenvalue weighted by Gasteiger charge is 2.47. The van der Waals surface area contributed by atoms with E-state index in [-0.39, 0.29) is 11.3 Å². The van der Waals surface area contributed by atoms with Crippen molar-refractivity contribution in [2.45, 2.75) is 57.6 Å². The van der Waals surface area contributed by atoms with Crippen LogP contribution in [0.3, 0.4) is 0 Å². The Kier molecular flexibility index (Phi) is 6.73. The third-order valence-corrected chi connectivity index (χ3v) is 8.90. The zero-order chi connectivity index (χ0) is 18.7. The summed E-state index contributed by atoms with van der Waals surface area (Å²) < 4.78 is 27.1. The maximum Gasteiger partial charge on any atom is 0.327 e. The molecular formula is C17H25FNO4P. The summed E-state index contributed by atoms with van der Waals surface area (Å²) in [6, 6.07) is 3.95. The molecule has 2 unspecified atom stereocenters. The molecule has 2 N–H and O–H groups in total. The molecule has 0 fully saturated rings. The Labute approximate surface area is 142 Å². The van der Waals surface area contributed by atoms with Crippen LogP contribution in [0, 0.1) is 5.82 Å². The van der Waals surface area contributed by atoms with Crippen molar-refractivity contribution < 1.29 is 23.7 Å². The van der Waals surface area contributed by atoms with E-state index in [1.165, 1.54) is 31.2 Å². The van der Waals surface area contributed by atoms with Gasteiger partial charge in [-0.15, -0.1) is 0 Å². The van der Waals surface area contributed by atoms with Crippen LogP contribution in [-0.4, -0.2) is 34.3 Å². The van der Waals surface area contributed by atoms with E-state index in [0.717, 1.165) is 0 Å². The van der Waals surface area contributed by atoms with Gasteiger partial charge < -0.3 is 15.0 Å². The molecule has 5 nitrogen and oxygen atoms in total. The highest BCUT2D eigenvalue weighted by molar-refractivity contribution is 7.65. The molecule has 0 aliphatic carbocycles. The number of aliphatic carboxylic acids is 1. The molecule has 0 bridgehead atoms. The van der Waals surface area contributed by atoms with Crippen LogP contribution in [0.15, 0.2) is 24.3 Å². The molecule has 1 aromatic rings. The highest BCUT2D eigenvalue weighted by atomic mass is 31.2. The fourth-order valence-electron chi connectivity index (χ4n) is 3.05. The van der Waals surface area contributed by atoms with Gasteiger partial charge >= 0.3 is 5.97 Å². The van der Waals surface area contributed by atoms with Crippen molar-refractivity contribution in [3.63, 3.8) is 0 Å². The largest absolute Gasteiger partial charge is 0.480 e. The van der Waals surface area contributed by atoms with Crippen molar-refractivity contribution in [3.8, 4) is 0 Å². The zero-order valence-electron chi connectivity index (χ0n) is 14.6. The average molecular weight is 357 g/mol. The van der Waals surface area contributed by atoms with Crippen molar-refractivity contribution in [1.82, 2.24) is 5.32 Å². The first-order chi connectivity index (χ1) is 11.0. The number of carbonyl (C=O) groups excluding carboxylic acids is 1. The summed E-state index contributed by atoms with van der Waals surface area (Å²) >= 11 is 0. The number of rotatable bonds is 7. The zero-order valence-corrected chi connectivity index (χ0v) is 15.5. The van der Waals surface area contributed by atoms with Crippen LogP contribution in [-0.2, 0) is 14.2 Å². The lowest BCUT2D eigenvalue weighted by Crippen LogP contribution is -2.45. The van der Waals surface area contributed by atoms with Gasteiger partial charge in [0.25, 0.3) is 0 Å². The van der Waals surface area contributed by atoms with Crippen LogP contribution in [0.1, 0.15) is 45.8 Å². The second kappa shape index (κ2) is 7.93. The molecule has 134 valence electrons. The van der Waals surface area contributed by atoms with Crippen molar-refractivity contribution >= 4 is 19.0 Å². The third kappa shape index (κ3) is 4.23. The number of nitrogens with one attached hydrogen (secondary N) is 1. The van der Waals surface area contributed by atoms with E-state index in [0.29, 0.717) is 5.56 Å². The number of halogens is 1. The number of hydrogen-bond acceptors (Lipinski definition) is 3. The Morgan fingerprint density at radius 1 is 1.08 bits per heavy atom. The van der Waals surface area contributed by atoms with Gasteiger partial charge in [0.2, 0.25) is 5.91 Å². The van der Waals surface area contributed by atoms with Crippen molar-refractivity contribution in [1.29, 1.82) is 0 Å². The van der Waals surface area contributed by atoms with Gasteiger partial charge in [0, 0.05) is 18.2 Å². The second-order valence-electron chi connectivity index (χ2n) is 6.46. The fourth-order valence-corrected chi connectivity index (χ4v) is 6.84. The fraction of sp³-hybridized carbons (Fsp3) is 0.529. The first kappa shape index (κ1) is 20.4. The van der Waals surface area contributed by atoms with Crippen LogP contribution in [0.25, 0.3) is 0 Å². The first-order valence-electron chi connectivity index (χ1n) is 7.86. The third-order valence-electron chi connectivity index (χ3n) is 4.20. The Bertz CT molecular complexity index is 630. The Balaban J connectivity index is 3.61. The predicted molar refractivity (Wildman–Crippen MR) is 92.3 cm³/mol. The van der Waals surface area contributed by atoms with Gasteiger partial charge in [-0.3, -0.25) is 4.79 Å². The molecular weight excluding hydrogens is 332 g/mol. The predicted octanol–water partition coefficient (Wildman–Crippen LogP) is 3.64. The van der Waals surface area contributed by atoms with E-state index in [9.17, 15) is 23.7 Å². The molecule has 1 rings (SSSR count). The molecule has 2 atom stereocenters. The highest BCUT2D eigenvalue weighted by Crippen LogP contribution is 2.67. The van der Waals surface area contributed by atoms with Gasteiger partial charge in [-0.25, -0.2) is 9.18 Å². The molecule has 1 amide bonds. The summed E-state index contributed by atoms with van der Waals surface area (Å²) in [7, 11) is -3.09. The molecule has 0 heterocycles. The maximum absolute atomic E-state index is 13.8. The SMILES string of the molecule is CC(=O)NC(C(=O)O)C(c1ccc(F)cc1)P(=O)(C(C)C)C(C)C. The van der Waals surface area contributed by atoms with E-state index >= 15 is 0 Å². The van der Waals surface area contributed by atoms with E-state index in [1.807, 2.05) is 0 Å². The molecule has 0 radical (unpaired) electrons. The number of carboxylic acid groups (broad SMARTS) is 1. The molecule has 24 heavy (non-hydrogen) atoms. The van der Waals surface area contributed by atoms with E-state index in [1.54, 1.807) is 27.7 Å². The number of hydrogen-bond donors (Lipinski definition) is 2. The minimum absolute atomic E-state index is 0.289. The Morgan fingerprint density at radius 2 is 1.54 bits per heavy atom. The number of benzene rings is 1. The maximum atomic E-state index is 13.8. The number of amides is 1. The molecule has 0 saturated carbocycles. The summed E-state index contributed by atoms with van der Waals surface area (Å²) in [6.45, 7) is 8.34. The summed E-state index contributed by atoms with van der Waals surface area (Å²) in [4.78, 5) is 23.3. The van der Waals surface area contributed by atoms with Crippen molar-refractivity contribution in [2.75, 3.05) is 0 Å². The minimum Gasteiger partial charge on any atom is -0.480 e. The summed E-state index contributed by atoms with van der Waals surface area (Å²) in [5.41, 5.74) is -1.06. The van der Waals surface area contributed by atoms with Crippen LogP contribution < -0.4 is 5.32 Å². The first-order valence-corrected chi connectivity index (χ1v) is 9.77. The summed E-state index contributed by atoms with van der Waals surface area (Å²) in [5, 5.41) is 12.0. The van der Waals surface area contributed by atoms with Gasteiger partial charge in [0.15, 0.2) is 0 Å². The second-order valence-corrected chi connectivity index (χ2v) is 10.6. The molecule has 0 spiro atoms. The lowest BCUT2D eigenvalue weighted by atomic mass is 10.0. The average Bonchev–Trinajstić information content (AvgIpc) is 2.47. The van der Waals surface area contributed by atoms with Gasteiger partial charge in [0.1, 0.15) is 19.0 Å². The summed E-state index contributed by atoms with van der Waals surface area (Å²) in [6.07, 6.45) is 0. The van der Waals surface area contributed by atoms with Gasteiger partial charge in [-0.2, -0.15) is 0 Å². The van der Waals surface area contributed by atoms with Crippen molar-refractivity contribution in [2.24, 2.45) is 0 Å². The monoisotopic (exact) mass is 357 g/mol. The topological polar surface area (TPSA) is 83.5 Å². The quantitative estimate of drug-likeness (QED) is 0.730. The van der Waals surface area contributed by atoms with Gasteiger partial charge in [0.05, 0.1) is 5.66 Å². The molecule has 7 heteroatoms. The van der Waals surface area contributed by atoms with Crippen LogP contribution in [0.5, 0.6) is 0 Å². The Hall–Kier alpha value is -1.68. The van der Waals surface area contributed by atoms with Crippen molar-refractivity contribution in [3.05, 3.63) is 35.6 Å². The molecule has 0 saturated heterocycles. The summed E-state index contributed by atoms with van der Waals surface area (Å²) in [5.74, 6) is -2.25. The van der Waals surface area contributed by atoms with E-state index in [4.69, 9.17) is 0 Å². The molecule has 0 aliphatic heterocycles. The number of carboxylic acids is 1. The van der Waals surface area contributed by atoms with Crippen LogP contribution in [0.4, 0.5) is 4.39 Å². The lowest BCUT2D eigenvalue weighted by molar-refractivity contribution is -0.141. The lowest BCUT2D eigenvalue weighted by Gasteiger charge is -2.37. The Morgan fingerprint density at radius 3 is 1.88 bits per heavy atom. The normalized spacial score (nSPS) is 14.5.